The number of benzene rings is 1. The van der Waals surface area contributed by atoms with Gasteiger partial charge in [0.15, 0.2) is 5.78 Å². The zero-order valence-electron chi connectivity index (χ0n) is 24.8. The lowest BCUT2D eigenvalue weighted by molar-refractivity contribution is -0.132. The van der Waals surface area contributed by atoms with Crippen LogP contribution in [0.1, 0.15) is 53.2 Å². The average molecular weight is 593 g/mol. The predicted octanol–water partition coefficient (Wildman–Crippen LogP) is 4.29. The molecule has 1 atom stereocenters. The lowest BCUT2D eigenvalue weighted by Crippen LogP contribution is -2.51. The zero-order valence-corrected chi connectivity index (χ0v) is 24.8. The summed E-state index contributed by atoms with van der Waals surface area (Å²) in [6.07, 6.45) is 11.1. The van der Waals surface area contributed by atoms with Gasteiger partial charge in [-0.1, -0.05) is 13.3 Å². The molecular formula is C34H36N6O4. The van der Waals surface area contributed by atoms with E-state index in [2.05, 4.69) is 21.4 Å². The number of carbonyl (C=O) groups is 3. The van der Waals surface area contributed by atoms with E-state index in [1.165, 1.54) is 6.08 Å². The van der Waals surface area contributed by atoms with Gasteiger partial charge in [0.05, 0.1) is 18.2 Å². The Balaban J connectivity index is 1.46. The average Bonchev–Trinajstić information content (AvgIpc) is 3.61. The van der Waals surface area contributed by atoms with Crippen LogP contribution in [0.4, 0.5) is 4.79 Å². The van der Waals surface area contributed by atoms with Crippen LogP contribution in [-0.2, 0) is 22.4 Å². The Morgan fingerprint density at radius 2 is 1.68 bits per heavy atom. The maximum absolute atomic E-state index is 14.6. The molecule has 2 saturated heterocycles. The van der Waals surface area contributed by atoms with Crippen molar-refractivity contribution in [2.24, 2.45) is 5.92 Å². The van der Waals surface area contributed by atoms with Gasteiger partial charge >= 0.3 is 6.09 Å². The highest BCUT2D eigenvalue weighted by atomic mass is 16.6. The maximum Gasteiger partial charge on any atom is 0.409 e. The second-order valence-electron chi connectivity index (χ2n) is 11.3. The van der Waals surface area contributed by atoms with E-state index in [1.54, 1.807) is 58.9 Å². The molecule has 2 aromatic heterocycles. The third-order valence-electron chi connectivity index (χ3n) is 8.10. The zero-order chi connectivity index (χ0) is 30.9. The van der Waals surface area contributed by atoms with Crippen LogP contribution in [0.5, 0.6) is 0 Å². The Morgan fingerprint density at radius 3 is 2.27 bits per heavy atom. The van der Waals surface area contributed by atoms with Gasteiger partial charge in [0.1, 0.15) is 11.4 Å². The van der Waals surface area contributed by atoms with Crippen LogP contribution < -0.4 is 5.32 Å². The Bertz CT molecular complexity index is 1490. The molecule has 10 heteroatoms. The van der Waals surface area contributed by atoms with Crippen molar-refractivity contribution in [3.8, 4) is 6.07 Å². The number of ketones is 1. The molecule has 10 nitrogen and oxygen atoms in total. The first-order valence-electron chi connectivity index (χ1n) is 15.0. The number of nitriles is 1. The topological polar surface area (TPSA) is 129 Å². The lowest BCUT2D eigenvalue weighted by Gasteiger charge is -2.28. The molecule has 2 aliphatic heterocycles. The van der Waals surface area contributed by atoms with Gasteiger partial charge < -0.3 is 15.0 Å². The van der Waals surface area contributed by atoms with Crippen LogP contribution in [0, 0.1) is 17.2 Å². The SMILES string of the molecule is CCCCOC(=O)N1CCC(CN2C(=O)C(Cc3ccncc3)(Cc3ccncc3)NC2=CC(=O)c2ccc(C#N)cc2)C1. The third kappa shape index (κ3) is 7.11. The standard InChI is InChI=1S/C34H36N6O4/c1-2-3-18-44-33(43)39-17-12-28(23-39)24-40-31(19-30(41)29-6-4-27(22-35)5-7-29)38-34(32(40)42,20-25-8-13-36-14-9-25)21-26-10-15-37-16-11-26/h4-11,13-16,19,28,38H,2-3,12,17-18,20-21,23-24H2,1H3. The third-order valence-corrected chi connectivity index (χ3v) is 8.10. The number of unbranched alkanes of at least 4 members (excludes halogenated alkanes) is 1. The second-order valence-corrected chi connectivity index (χ2v) is 11.3. The Hall–Kier alpha value is -5.04. The number of rotatable bonds is 11. The number of allylic oxidation sites excluding steroid dienone is 1. The van der Waals surface area contributed by atoms with Crippen LogP contribution >= 0.6 is 0 Å². The number of carbonyl (C=O) groups excluding carboxylic acids is 3. The van der Waals surface area contributed by atoms with Crippen molar-refractivity contribution in [1.29, 1.82) is 5.26 Å². The molecule has 2 aliphatic rings. The molecule has 44 heavy (non-hydrogen) atoms. The number of ether oxygens (including phenoxy) is 1. The van der Waals surface area contributed by atoms with Crippen molar-refractivity contribution < 1.29 is 19.1 Å². The predicted molar refractivity (Wildman–Crippen MR) is 163 cm³/mol. The van der Waals surface area contributed by atoms with Crippen LogP contribution in [0.25, 0.3) is 0 Å². The molecule has 2 fully saturated rings. The van der Waals surface area contributed by atoms with Crippen molar-refractivity contribution in [3.63, 3.8) is 0 Å². The molecule has 2 amide bonds. The normalized spacial score (nSPS) is 18.2. The monoisotopic (exact) mass is 592 g/mol. The van der Waals surface area contributed by atoms with E-state index in [4.69, 9.17) is 10.00 Å². The van der Waals surface area contributed by atoms with Crippen molar-refractivity contribution >= 4 is 17.8 Å². The highest BCUT2D eigenvalue weighted by molar-refractivity contribution is 6.06. The molecule has 0 aliphatic carbocycles. The minimum Gasteiger partial charge on any atom is -0.449 e. The summed E-state index contributed by atoms with van der Waals surface area (Å²) in [4.78, 5) is 52.3. The number of likely N-dealkylation sites (tertiary alicyclic amines) is 1. The summed E-state index contributed by atoms with van der Waals surface area (Å²) in [7, 11) is 0. The Labute approximate surface area is 257 Å². The summed E-state index contributed by atoms with van der Waals surface area (Å²) >= 11 is 0. The Morgan fingerprint density at radius 1 is 1.05 bits per heavy atom. The molecule has 5 rings (SSSR count). The van der Waals surface area contributed by atoms with E-state index in [0.29, 0.717) is 62.5 Å². The molecule has 0 spiro atoms. The fourth-order valence-corrected chi connectivity index (χ4v) is 5.75. The molecule has 226 valence electrons. The number of nitrogens with zero attached hydrogens (tertiary/aromatic N) is 5. The fourth-order valence-electron chi connectivity index (χ4n) is 5.75. The van der Waals surface area contributed by atoms with Gasteiger partial charge in [-0.2, -0.15) is 5.26 Å². The lowest BCUT2D eigenvalue weighted by atomic mass is 9.85. The van der Waals surface area contributed by atoms with Crippen LogP contribution in [-0.4, -0.2) is 69.3 Å². The number of amides is 2. The summed E-state index contributed by atoms with van der Waals surface area (Å²) < 4.78 is 5.42. The first-order valence-corrected chi connectivity index (χ1v) is 15.0. The number of aromatic nitrogens is 2. The van der Waals surface area contributed by atoms with Crippen molar-refractivity contribution in [3.05, 3.63) is 107 Å². The maximum atomic E-state index is 14.6. The molecule has 0 saturated carbocycles. The largest absolute Gasteiger partial charge is 0.449 e. The van der Waals surface area contributed by atoms with Crippen LogP contribution in [0.3, 0.4) is 0 Å². The molecule has 0 radical (unpaired) electrons. The van der Waals surface area contributed by atoms with E-state index >= 15 is 0 Å². The molecule has 0 bridgehead atoms. The van der Waals surface area contributed by atoms with E-state index < -0.39 is 5.54 Å². The summed E-state index contributed by atoms with van der Waals surface area (Å²) in [6.45, 7) is 3.79. The number of hydrogen-bond acceptors (Lipinski definition) is 8. The summed E-state index contributed by atoms with van der Waals surface area (Å²) in [5, 5.41) is 12.6. The molecule has 1 aromatic carbocycles. The highest BCUT2D eigenvalue weighted by Gasteiger charge is 2.50. The van der Waals surface area contributed by atoms with Crippen molar-refractivity contribution in [2.45, 2.75) is 44.6 Å². The van der Waals surface area contributed by atoms with Gasteiger partial charge in [-0.25, -0.2) is 4.79 Å². The molecule has 4 heterocycles. The molecule has 3 aromatic rings. The molecule has 1 N–H and O–H groups in total. The first-order chi connectivity index (χ1) is 21.4. The quantitative estimate of drug-likeness (QED) is 0.198. The van der Waals surface area contributed by atoms with E-state index in [9.17, 15) is 14.4 Å². The van der Waals surface area contributed by atoms with Gasteiger partial charge in [0.2, 0.25) is 0 Å². The van der Waals surface area contributed by atoms with Gasteiger partial charge in [-0.05, 0) is 78.4 Å². The van der Waals surface area contributed by atoms with E-state index in [0.717, 1.165) is 24.0 Å². The first kappa shape index (κ1) is 30.4. The summed E-state index contributed by atoms with van der Waals surface area (Å²) in [5.41, 5.74) is 1.65. The van der Waals surface area contributed by atoms with Crippen molar-refractivity contribution in [1.82, 2.24) is 25.1 Å². The number of pyridine rings is 2. The number of nitrogens with one attached hydrogen (secondary N) is 1. The minimum absolute atomic E-state index is 0.00513. The van der Waals surface area contributed by atoms with Crippen LogP contribution in [0.15, 0.2) is 85.2 Å². The van der Waals surface area contributed by atoms with Crippen LogP contribution in [0.2, 0.25) is 0 Å². The second kappa shape index (κ2) is 14.0. The van der Waals surface area contributed by atoms with Gasteiger partial charge in [-0.3, -0.25) is 24.5 Å². The minimum atomic E-state index is -1.07. The molecular weight excluding hydrogens is 556 g/mol. The van der Waals surface area contributed by atoms with E-state index in [-0.39, 0.29) is 23.7 Å². The molecule has 1 unspecified atom stereocenters. The van der Waals surface area contributed by atoms with Gasteiger partial charge in [-0.15, -0.1) is 0 Å². The van der Waals surface area contributed by atoms with Crippen molar-refractivity contribution in [2.75, 3.05) is 26.2 Å². The summed E-state index contributed by atoms with van der Waals surface area (Å²) in [5.74, 6) is -0.0121. The summed E-state index contributed by atoms with van der Waals surface area (Å²) in [6, 6.07) is 16.0. The fraction of sp³-hybridized carbons (Fsp3) is 0.353. The Kier molecular flexibility index (Phi) is 9.65. The van der Waals surface area contributed by atoms with Gasteiger partial charge in [0.25, 0.3) is 5.91 Å². The number of hydrogen-bond donors (Lipinski definition) is 1. The smallest absolute Gasteiger partial charge is 0.409 e. The highest BCUT2D eigenvalue weighted by Crippen LogP contribution is 2.33. The van der Waals surface area contributed by atoms with E-state index in [1.807, 2.05) is 31.2 Å². The van der Waals surface area contributed by atoms with Gasteiger partial charge in [0, 0.05) is 68.9 Å².